The summed E-state index contributed by atoms with van der Waals surface area (Å²) in [5.74, 6) is -1.88. The summed E-state index contributed by atoms with van der Waals surface area (Å²) < 4.78 is 42.2. The lowest BCUT2D eigenvalue weighted by molar-refractivity contribution is -0.192. The van der Waals surface area contributed by atoms with Gasteiger partial charge in [-0.2, -0.15) is 13.2 Å². The number of aryl methyl sites for hydroxylation is 1. The average molecular weight is 589 g/mol. The molecule has 0 bridgehead atoms. The fraction of sp³-hybridized carbons (Fsp3) is 0.423. The number of pyridine rings is 1. The summed E-state index contributed by atoms with van der Waals surface area (Å²) >= 11 is 5.80. The van der Waals surface area contributed by atoms with Gasteiger partial charge in [-0.25, -0.2) is 14.8 Å². The van der Waals surface area contributed by atoms with Crippen LogP contribution in [0.15, 0.2) is 41.5 Å². The Kier molecular flexibility index (Phi) is 13.9. The predicted octanol–water partition coefficient (Wildman–Crippen LogP) is 3.98. The molecule has 0 aliphatic rings. The molecule has 40 heavy (non-hydrogen) atoms. The maximum atomic E-state index is 12.8. The van der Waals surface area contributed by atoms with Gasteiger partial charge in [-0.3, -0.25) is 14.9 Å². The van der Waals surface area contributed by atoms with Crippen molar-refractivity contribution in [3.05, 3.63) is 52.8 Å². The first-order valence-electron chi connectivity index (χ1n) is 11.9. The Morgan fingerprint density at radius 2 is 1.70 bits per heavy atom. The molecule has 10 nitrogen and oxygen atoms in total. The van der Waals surface area contributed by atoms with Gasteiger partial charge in [0.15, 0.2) is 23.2 Å². The van der Waals surface area contributed by atoms with Crippen molar-refractivity contribution in [2.45, 2.75) is 51.7 Å². The highest BCUT2D eigenvalue weighted by molar-refractivity contribution is 6.29. The zero-order chi connectivity index (χ0) is 30.5. The van der Waals surface area contributed by atoms with E-state index in [1.807, 2.05) is 19.9 Å². The molecular formula is C26H32ClF3N4O6. The molecule has 0 radical (unpaired) electrons. The summed E-state index contributed by atoms with van der Waals surface area (Å²) in [6.45, 7) is 4.01. The first-order valence-corrected chi connectivity index (χ1v) is 12.3. The molecule has 14 heteroatoms. The monoisotopic (exact) mass is 588 g/mol. The van der Waals surface area contributed by atoms with Gasteiger partial charge in [0, 0.05) is 12.6 Å². The Labute approximate surface area is 234 Å². The number of hydrogen-bond donors (Lipinski definition) is 3. The normalized spacial score (nSPS) is 12.2. The number of aliphatic imine (C=N–C) groups is 1. The molecule has 0 aliphatic carbocycles. The summed E-state index contributed by atoms with van der Waals surface area (Å²) in [5.41, 5.74) is 7.60. The third-order valence-corrected chi connectivity index (χ3v) is 5.36. The number of nitrogens with zero attached hydrogens (tertiary/aromatic N) is 2. The highest BCUT2D eigenvalue weighted by Gasteiger charge is 2.38. The Morgan fingerprint density at radius 3 is 2.20 bits per heavy atom. The highest BCUT2D eigenvalue weighted by atomic mass is 35.5. The summed E-state index contributed by atoms with van der Waals surface area (Å²) in [7, 11) is 3.07. The number of rotatable bonds is 11. The zero-order valence-electron chi connectivity index (χ0n) is 22.4. The molecule has 0 spiro atoms. The van der Waals surface area contributed by atoms with E-state index in [0.29, 0.717) is 29.5 Å². The second-order valence-electron chi connectivity index (χ2n) is 8.83. The maximum Gasteiger partial charge on any atom is 0.490 e. The second kappa shape index (κ2) is 16.3. The minimum atomic E-state index is -5.08. The first-order chi connectivity index (χ1) is 18.7. The van der Waals surface area contributed by atoms with Crippen molar-refractivity contribution < 1.29 is 42.1 Å². The van der Waals surface area contributed by atoms with Crippen LogP contribution in [0.4, 0.5) is 13.2 Å². The summed E-state index contributed by atoms with van der Waals surface area (Å²) in [5, 5.41) is 10.1. The Morgan fingerprint density at radius 1 is 1.10 bits per heavy atom. The summed E-state index contributed by atoms with van der Waals surface area (Å²) in [6, 6.07) is 8.12. The molecule has 0 saturated carbocycles. The number of carboxylic acids is 1. The van der Waals surface area contributed by atoms with E-state index in [2.05, 4.69) is 15.3 Å². The van der Waals surface area contributed by atoms with Crippen LogP contribution >= 0.6 is 11.6 Å². The molecule has 1 amide bonds. The van der Waals surface area contributed by atoms with Gasteiger partial charge < -0.3 is 20.3 Å². The summed E-state index contributed by atoms with van der Waals surface area (Å²) in [4.78, 5) is 42.5. The number of carboxylic acid groups (broad SMARTS) is 1. The van der Waals surface area contributed by atoms with Gasteiger partial charge in [-0.05, 0) is 48.1 Å². The maximum absolute atomic E-state index is 12.8. The van der Waals surface area contributed by atoms with E-state index >= 15 is 0 Å². The number of hydrogen-bond acceptors (Lipinski definition) is 7. The molecule has 1 aromatic heterocycles. The number of ether oxygens (including phenoxy) is 2. The van der Waals surface area contributed by atoms with Crippen molar-refractivity contribution in [1.82, 2.24) is 10.3 Å². The smallest absolute Gasteiger partial charge is 0.490 e. The number of nitrogens with two attached hydrogens (primary N) is 1. The molecule has 2 aromatic rings. The number of aromatic nitrogens is 1. The first kappa shape index (κ1) is 34.2. The van der Waals surface area contributed by atoms with Crippen molar-refractivity contribution in [3.63, 3.8) is 0 Å². The van der Waals surface area contributed by atoms with Crippen LogP contribution in [-0.2, 0) is 27.2 Å². The van der Waals surface area contributed by atoms with Crippen LogP contribution < -0.4 is 20.5 Å². The van der Waals surface area contributed by atoms with Crippen LogP contribution in [0.5, 0.6) is 11.5 Å². The number of methoxy groups -OCH3 is 2. The van der Waals surface area contributed by atoms with Gasteiger partial charge in [0.25, 0.3) is 0 Å². The third-order valence-electron chi connectivity index (χ3n) is 5.13. The molecule has 0 saturated heterocycles. The van der Waals surface area contributed by atoms with Crippen LogP contribution in [0.25, 0.3) is 0 Å². The number of guanidine groups is 1. The highest BCUT2D eigenvalue weighted by Crippen LogP contribution is 2.27. The van der Waals surface area contributed by atoms with Crippen molar-refractivity contribution >= 4 is 35.2 Å². The summed E-state index contributed by atoms with van der Waals surface area (Å²) in [6.07, 6.45) is -2.01. The van der Waals surface area contributed by atoms with Crippen molar-refractivity contribution in [1.29, 1.82) is 0 Å². The molecule has 2 rings (SSSR count). The topological polar surface area (TPSA) is 153 Å². The molecule has 0 fully saturated rings. The van der Waals surface area contributed by atoms with Crippen molar-refractivity contribution in [2.75, 3.05) is 14.2 Å². The number of nitrogens with one attached hydrogen (secondary N) is 1. The number of alkyl halides is 3. The lowest BCUT2D eigenvalue weighted by Gasteiger charge is -2.15. The number of amides is 1. The number of benzene rings is 1. The molecule has 0 unspecified atom stereocenters. The minimum Gasteiger partial charge on any atom is -0.493 e. The van der Waals surface area contributed by atoms with E-state index in [0.717, 1.165) is 11.1 Å². The van der Waals surface area contributed by atoms with Gasteiger partial charge in [-0.1, -0.05) is 37.6 Å². The quantitative estimate of drug-likeness (QED) is 0.202. The van der Waals surface area contributed by atoms with E-state index < -0.39 is 18.2 Å². The third kappa shape index (κ3) is 12.8. The fourth-order valence-electron chi connectivity index (χ4n) is 3.25. The standard InChI is InChI=1S/C24H31ClN4O4.C2HF3O2/c1-15(2)11-18(19(30)8-5-16-7-10-22(25)27-14-16)28-24(26)29-23(31)13-17-6-9-20(32-3)21(12-17)33-4;3-2(4,5)1(6)7/h6-7,9-10,12,14-15,18H,5,8,11,13H2,1-4H3,(H3,26,28,29,31);(H,6,7)/t18-;/m1./s1. The predicted molar refractivity (Wildman–Crippen MR) is 143 cm³/mol. The molecule has 1 heterocycles. The van der Waals surface area contributed by atoms with Crippen molar-refractivity contribution in [3.8, 4) is 11.5 Å². The van der Waals surface area contributed by atoms with Gasteiger partial charge >= 0.3 is 12.1 Å². The van der Waals surface area contributed by atoms with Crippen molar-refractivity contribution in [2.24, 2.45) is 16.6 Å². The Balaban J connectivity index is 0.00000101. The van der Waals surface area contributed by atoms with Crippen LogP contribution in [0.3, 0.4) is 0 Å². The minimum absolute atomic E-state index is 0.0456. The molecule has 220 valence electrons. The van der Waals surface area contributed by atoms with E-state index in [4.69, 9.17) is 36.7 Å². The van der Waals surface area contributed by atoms with Gasteiger partial charge in [0.2, 0.25) is 5.91 Å². The molecule has 1 aromatic carbocycles. The number of halogens is 4. The number of carbonyl (C=O) groups excluding carboxylic acids is 2. The van der Waals surface area contributed by atoms with Crippen LogP contribution in [0.1, 0.15) is 37.8 Å². The number of ketones is 1. The number of Topliss-reactive ketones (excluding diaryl/α,β-unsaturated/α-hetero) is 1. The lowest BCUT2D eigenvalue weighted by Crippen LogP contribution is -2.39. The van der Waals surface area contributed by atoms with E-state index in [-0.39, 0.29) is 36.4 Å². The molecular weight excluding hydrogens is 557 g/mol. The van der Waals surface area contributed by atoms with Crippen LogP contribution in [0.2, 0.25) is 5.15 Å². The molecule has 1 atom stereocenters. The lowest BCUT2D eigenvalue weighted by atomic mass is 9.97. The van der Waals surface area contributed by atoms with E-state index in [1.54, 1.807) is 37.6 Å². The molecule has 0 aliphatic heterocycles. The second-order valence-corrected chi connectivity index (χ2v) is 9.22. The van der Waals surface area contributed by atoms with Crippen LogP contribution in [0, 0.1) is 5.92 Å². The van der Waals surface area contributed by atoms with E-state index in [9.17, 15) is 22.8 Å². The van der Waals surface area contributed by atoms with Gasteiger partial charge in [-0.15, -0.1) is 0 Å². The molecule has 4 N–H and O–H groups in total. The Bertz CT molecular complexity index is 1170. The van der Waals surface area contributed by atoms with E-state index in [1.165, 1.54) is 7.11 Å². The number of aliphatic carboxylic acids is 1. The largest absolute Gasteiger partial charge is 0.493 e. The average Bonchev–Trinajstić information content (AvgIpc) is 2.87. The van der Waals surface area contributed by atoms with Gasteiger partial charge in [0.05, 0.1) is 20.6 Å². The van der Waals surface area contributed by atoms with Gasteiger partial charge in [0.1, 0.15) is 11.2 Å². The Hall–Kier alpha value is -3.87. The number of carbonyl (C=O) groups is 3. The SMILES string of the molecule is COc1ccc(CC(=O)NC(N)=N[C@H](CC(C)C)C(=O)CCc2ccc(Cl)nc2)cc1OC.O=C(O)C(F)(F)F. The van der Waals surface area contributed by atoms with Crippen LogP contribution in [-0.4, -0.2) is 60.1 Å². The fourth-order valence-corrected chi connectivity index (χ4v) is 3.37. The zero-order valence-corrected chi connectivity index (χ0v) is 23.2.